The van der Waals surface area contributed by atoms with Crippen molar-refractivity contribution in [3.05, 3.63) is 59.7 Å². The van der Waals surface area contributed by atoms with Crippen LogP contribution < -0.4 is 10.6 Å². The highest BCUT2D eigenvalue weighted by molar-refractivity contribution is 5.88. The van der Waals surface area contributed by atoms with Gasteiger partial charge in [0, 0.05) is 12.3 Å². The summed E-state index contributed by atoms with van der Waals surface area (Å²) in [5.41, 5.74) is 3.97. The minimum Gasteiger partial charge on any atom is -0.480 e. The number of fused-ring (bicyclic) bond motifs is 3. The summed E-state index contributed by atoms with van der Waals surface area (Å²) < 4.78 is 33.5. The average Bonchev–Trinajstić information content (AvgIpc) is 3.12. The van der Waals surface area contributed by atoms with Gasteiger partial charge in [0.15, 0.2) is 0 Å². The summed E-state index contributed by atoms with van der Waals surface area (Å²) >= 11 is 0. The third kappa shape index (κ3) is 5.47. The van der Waals surface area contributed by atoms with Gasteiger partial charge in [0.1, 0.15) is 12.6 Å². The lowest BCUT2D eigenvalue weighted by atomic mass is 9.98. The van der Waals surface area contributed by atoms with E-state index in [-0.39, 0.29) is 18.9 Å². The Hall–Kier alpha value is -3.93. The zero-order valence-electron chi connectivity index (χ0n) is 17.7. The number of hydrogen-bond donors (Lipinski definition) is 3. The predicted molar refractivity (Wildman–Crippen MR) is 116 cm³/mol. The van der Waals surface area contributed by atoms with Crippen LogP contribution in [0.3, 0.4) is 0 Å². The molecule has 7 nitrogen and oxygen atoms in total. The van der Waals surface area contributed by atoms with Crippen molar-refractivity contribution in [1.82, 2.24) is 10.6 Å². The Morgan fingerprint density at radius 2 is 1.67 bits per heavy atom. The number of benzene rings is 2. The van der Waals surface area contributed by atoms with Crippen LogP contribution in [0.4, 0.5) is 13.6 Å². The third-order valence-corrected chi connectivity index (χ3v) is 5.22. The minimum absolute atomic E-state index is 0.0750. The number of ether oxygens (including phenoxy) is 1. The molecule has 172 valence electrons. The quantitative estimate of drug-likeness (QED) is 0.530. The maximum atomic E-state index is 14.1. The fraction of sp³-hybridized carbons (Fsp3) is 0.292. The van der Waals surface area contributed by atoms with Crippen molar-refractivity contribution in [1.29, 1.82) is 0 Å². The fourth-order valence-electron chi connectivity index (χ4n) is 3.58. The zero-order chi connectivity index (χ0) is 24.0. The summed E-state index contributed by atoms with van der Waals surface area (Å²) in [7, 11) is 0. The lowest BCUT2D eigenvalue weighted by molar-refractivity contribution is -0.150. The highest BCUT2D eigenvalue weighted by Crippen LogP contribution is 2.44. The van der Waals surface area contributed by atoms with Crippen LogP contribution in [0.5, 0.6) is 0 Å². The normalized spacial score (nSPS) is 13.1. The van der Waals surface area contributed by atoms with Crippen molar-refractivity contribution in [3.63, 3.8) is 0 Å². The van der Waals surface area contributed by atoms with Gasteiger partial charge in [0.05, 0.1) is 6.54 Å². The molecule has 0 heterocycles. The molecule has 1 aliphatic carbocycles. The second-order valence-corrected chi connectivity index (χ2v) is 7.38. The van der Waals surface area contributed by atoms with E-state index in [0.717, 1.165) is 22.3 Å². The summed E-state index contributed by atoms with van der Waals surface area (Å²) in [6.07, 6.45) is -1.44. The molecule has 3 N–H and O–H groups in total. The van der Waals surface area contributed by atoms with Gasteiger partial charge in [-0.05, 0) is 29.2 Å². The van der Waals surface area contributed by atoms with Gasteiger partial charge in [-0.15, -0.1) is 11.8 Å². The highest BCUT2D eigenvalue weighted by atomic mass is 19.3. The molecule has 33 heavy (non-hydrogen) atoms. The number of carboxylic acid groups (broad SMARTS) is 1. The molecule has 3 rings (SSSR count). The van der Waals surface area contributed by atoms with E-state index in [1.54, 1.807) is 5.32 Å². The molecule has 0 saturated heterocycles. The summed E-state index contributed by atoms with van der Waals surface area (Å²) in [5.74, 6) is -2.77. The number of rotatable bonds is 8. The molecular formula is C24H22F2N2O5. The number of hydrogen-bond acceptors (Lipinski definition) is 4. The van der Waals surface area contributed by atoms with Crippen molar-refractivity contribution < 1.29 is 33.0 Å². The van der Waals surface area contributed by atoms with E-state index in [0.29, 0.717) is 0 Å². The molecule has 0 bridgehead atoms. The Morgan fingerprint density at radius 3 is 2.21 bits per heavy atom. The van der Waals surface area contributed by atoms with Crippen LogP contribution in [0.1, 0.15) is 30.4 Å². The second-order valence-electron chi connectivity index (χ2n) is 7.38. The highest BCUT2D eigenvalue weighted by Gasteiger charge is 2.41. The van der Waals surface area contributed by atoms with Crippen molar-refractivity contribution in [2.45, 2.75) is 31.2 Å². The number of carboxylic acids is 1. The van der Waals surface area contributed by atoms with Gasteiger partial charge in [-0.25, -0.2) is 9.59 Å². The van der Waals surface area contributed by atoms with Crippen LogP contribution >= 0.6 is 0 Å². The SMILES string of the molecule is CC#CCC(NC(=O)C(F)(F)CNC(=O)OCC1c2ccccc2-c2ccccc21)C(=O)O. The van der Waals surface area contributed by atoms with Crippen LogP contribution in [-0.2, 0) is 14.3 Å². The lowest BCUT2D eigenvalue weighted by Gasteiger charge is -2.20. The summed E-state index contributed by atoms with van der Waals surface area (Å²) in [6, 6.07) is 13.7. The fourth-order valence-corrected chi connectivity index (χ4v) is 3.58. The van der Waals surface area contributed by atoms with Gasteiger partial charge in [-0.2, -0.15) is 8.78 Å². The standard InChI is InChI=1S/C24H22F2N2O5/c1-2-3-12-20(21(29)30)28-22(31)24(25,26)14-27-23(32)33-13-19-17-10-6-4-8-15(17)16-9-5-7-11-18(16)19/h4-11,19-20H,12-14H2,1H3,(H,27,32)(H,28,31)(H,29,30). The molecule has 0 aliphatic heterocycles. The first kappa shape index (κ1) is 23.7. The van der Waals surface area contributed by atoms with Crippen molar-refractivity contribution in [3.8, 4) is 23.0 Å². The molecule has 1 aliphatic rings. The van der Waals surface area contributed by atoms with E-state index in [2.05, 4.69) is 11.8 Å². The van der Waals surface area contributed by atoms with E-state index < -0.39 is 36.5 Å². The maximum absolute atomic E-state index is 14.1. The topological polar surface area (TPSA) is 105 Å². The van der Waals surface area contributed by atoms with Crippen LogP contribution in [0.2, 0.25) is 0 Å². The smallest absolute Gasteiger partial charge is 0.407 e. The monoisotopic (exact) mass is 456 g/mol. The predicted octanol–water partition coefficient (Wildman–Crippen LogP) is 3.14. The number of carbonyl (C=O) groups excluding carboxylic acids is 2. The molecule has 0 radical (unpaired) electrons. The molecule has 2 aromatic rings. The molecule has 1 unspecified atom stereocenters. The Labute approximate surface area is 189 Å². The largest absolute Gasteiger partial charge is 0.480 e. The van der Waals surface area contributed by atoms with Crippen LogP contribution in [-0.4, -0.2) is 48.2 Å². The summed E-state index contributed by atoms with van der Waals surface area (Å²) in [4.78, 5) is 35.0. The van der Waals surface area contributed by atoms with Gasteiger partial charge in [0.25, 0.3) is 5.91 Å². The number of halogens is 2. The first-order valence-electron chi connectivity index (χ1n) is 10.1. The van der Waals surface area contributed by atoms with Gasteiger partial charge >= 0.3 is 18.0 Å². The third-order valence-electron chi connectivity index (χ3n) is 5.22. The van der Waals surface area contributed by atoms with Gasteiger partial charge < -0.3 is 20.5 Å². The molecule has 2 amide bonds. The van der Waals surface area contributed by atoms with Crippen molar-refractivity contribution >= 4 is 18.0 Å². The molecule has 0 aromatic heterocycles. The van der Waals surface area contributed by atoms with Crippen molar-refractivity contribution in [2.24, 2.45) is 0 Å². The lowest BCUT2D eigenvalue weighted by Crippen LogP contribution is -2.52. The molecule has 2 aromatic carbocycles. The van der Waals surface area contributed by atoms with Crippen LogP contribution in [0.25, 0.3) is 11.1 Å². The summed E-state index contributed by atoms with van der Waals surface area (Å²) in [6.45, 7) is 0.0311. The molecular weight excluding hydrogens is 434 g/mol. The number of alkyl halides is 2. The van der Waals surface area contributed by atoms with Gasteiger partial charge in [-0.3, -0.25) is 4.79 Å². The van der Waals surface area contributed by atoms with Crippen LogP contribution in [0, 0.1) is 11.8 Å². The number of alkyl carbamates (subject to hydrolysis) is 1. The average molecular weight is 456 g/mol. The van der Waals surface area contributed by atoms with E-state index in [9.17, 15) is 23.2 Å². The molecule has 1 atom stereocenters. The number of nitrogens with one attached hydrogen (secondary N) is 2. The first-order chi connectivity index (χ1) is 15.7. The van der Waals surface area contributed by atoms with Gasteiger partial charge in [-0.1, -0.05) is 48.5 Å². The number of amides is 2. The number of aliphatic carboxylic acids is 1. The Balaban J connectivity index is 1.56. The van der Waals surface area contributed by atoms with E-state index in [1.807, 2.05) is 53.8 Å². The number of carbonyl (C=O) groups is 3. The Kier molecular flexibility index (Phi) is 7.28. The second kappa shape index (κ2) is 10.1. The molecule has 0 fully saturated rings. The van der Waals surface area contributed by atoms with Crippen molar-refractivity contribution in [2.75, 3.05) is 13.2 Å². The van der Waals surface area contributed by atoms with Crippen LogP contribution in [0.15, 0.2) is 48.5 Å². The minimum atomic E-state index is -4.04. The summed E-state index contributed by atoms with van der Waals surface area (Å²) in [5, 5.41) is 12.6. The zero-order valence-corrected chi connectivity index (χ0v) is 17.7. The van der Waals surface area contributed by atoms with E-state index in [4.69, 9.17) is 9.84 Å². The Bertz CT molecular complexity index is 1080. The Morgan fingerprint density at radius 1 is 1.09 bits per heavy atom. The van der Waals surface area contributed by atoms with E-state index in [1.165, 1.54) is 6.92 Å². The molecule has 0 saturated carbocycles. The van der Waals surface area contributed by atoms with Gasteiger partial charge in [0.2, 0.25) is 0 Å². The molecule has 0 spiro atoms. The molecule has 9 heteroatoms. The first-order valence-corrected chi connectivity index (χ1v) is 10.1. The van der Waals surface area contributed by atoms with E-state index >= 15 is 0 Å². The maximum Gasteiger partial charge on any atom is 0.407 e.